The Hall–Kier alpha value is -4.66. The Balaban J connectivity index is 1.36. The molecule has 9 heteroatoms. The molecule has 3 aromatic carbocycles. The number of nitrogens with zero attached hydrogens (tertiary/aromatic N) is 3. The summed E-state index contributed by atoms with van der Waals surface area (Å²) in [6.45, 7) is 1.02. The summed E-state index contributed by atoms with van der Waals surface area (Å²) in [5, 5.41) is 12.5. The number of fused-ring (bicyclic) bond motifs is 2. The van der Waals surface area contributed by atoms with E-state index >= 15 is 0 Å². The van der Waals surface area contributed by atoms with Crippen LogP contribution in [0.2, 0.25) is 0 Å². The van der Waals surface area contributed by atoms with Crippen LogP contribution in [0.25, 0.3) is 11.0 Å². The van der Waals surface area contributed by atoms with E-state index in [0.29, 0.717) is 36.6 Å². The Morgan fingerprint density at radius 3 is 2.61 bits per heavy atom. The zero-order valence-corrected chi connectivity index (χ0v) is 21.1. The van der Waals surface area contributed by atoms with Crippen LogP contribution in [-0.2, 0) is 29.1 Å². The van der Waals surface area contributed by atoms with Crippen molar-refractivity contribution in [2.45, 2.75) is 32.0 Å². The number of aromatic nitrogens is 2. The van der Waals surface area contributed by atoms with Gasteiger partial charge in [-0.05, 0) is 47.9 Å². The molecule has 1 atom stereocenters. The lowest BCUT2D eigenvalue weighted by molar-refractivity contribution is -0.141. The van der Waals surface area contributed by atoms with Gasteiger partial charge in [0.2, 0.25) is 5.91 Å². The molecule has 2 heterocycles. The first-order valence-corrected chi connectivity index (χ1v) is 12.5. The van der Waals surface area contributed by atoms with Crippen molar-refractivity contribution >= 4 is 34.5 Å². The maximum Gasteiger partial charge on any atom is 0.305 e. The van der Waals surface area contributed by atoms with Crippen molar-refractivity contribution in [1.29, 1.82) is 0 Å². The molecule has 3 N–H and O–H groups in total. The molecule has 0 saturated carbocycles. The van der Waals surface area contributed by atoms with E-state index in [0.717, 1.165) is 22.2 Å². The molecule has 38 heavy (non-hydrogen) atoms. The van der Waals surface area contributed by atoms with Gasteiger partial charge in [0, 0.05) is 31.4 Å². The number of hydrogen-bond acceptors (Lipinski definition) is 5. The predicted octanol–water partition coefficient (Wildman–Crippen LogP) is 3.68. The summed E-state index contributed by atoms with van der Waals surface area (Å²) in [5.74, 6) is -0.815. The minimum Gasteiger partial charge on any atom is -0.481 e. The van der Waals surface area contributed by atoms with Gasteiger partial charge < -0.3 is 25.2 Å². The molecule has 194 valence electrons. The molecule has 1 unspecified atom stereocenters. The lowest BCUT2D eigenvalue weighted by Crippen LogP contribution is -2.42. The van der Waals surface area contributed by atoms with Crippen molar-refractivity contribution < 1.29 is 19.5 Å². The molecular formula is C29H29N5O4. The van der Waals surface area contributed by atoms with Crippen LogP contribution in [0.4, 0.5) is 5.69 Å². The predicted molar refractivity (Wildman–Crippen MR) is 144 cm³/mol. The molecule has 0 bridgehead atoms. The summed E-state index contributed by atoms with van der Waals surface area (Å²) in [7, 11) is 1.72. The van der Waals surface area contributed by atoms with Gasteiger partial charge in [0.05, 0.1) is 24.0 Å². The largest absolute Gasteiger partial charge is 0.481 e. The normalized spacial score (nSPS) is 15.0. The van der Waals surface area contributed by atoms with Gasteiger partial charge in [-0.2, -0.15) is 0 Å². The maximum atomic E-state index is 13.3. The monoisotopic (exact) mass is 511 g/mol. The maximum absolute atomic E-state index is 13.3. The molecule has 0 aliphatic carbocycles. The third-order valence-corrected chi connectivity index (χ3v) is 6.72. The standard InChI is InChI=1S/C29H29N5O4/c1-33(18-26-31-23-9-5-6-10-24(23)32-26)28(37)20-11-12-22-21(15-20)17-34(14-13-19-7-3-2-4-8-19)29(38)25(30-22)16-27(35)36/h2-12,15,25,30H,13-14,16-18H2,1H3,(H,31,32)(H,35,36). The molecule has 1 aliphatic rings. The van der Waals surface area contributed by atoms with Gasteiger partial charge in [0.1, 0.15) is 11.9 Å². The number of aromatic amines is 1. The van der Waals surface area contributed by atoms with Gasteiger partial charge in [0.15, 0.2) is 0 Å². The molecular weight excluding hydrogens is 482 g/mol. The molecule has 0 radical (unpaired) electrons. The third kappa shape index (κ3) is 5.51. The number of hydrogen-bond donors (Lipinski definition) is 3. The van der Waals surface area contributed by atoms with E-state index in [1.54, 1.807) is 35.0 Å². The molecule has 5 rings (SSSR count). The molecule has 9 nitrogen and oxygen atoms in total. The number of carboxylic acid groups (broad SMARTS) is 1. The van der Waals surface area contributed by atoms with E-state index in [-0.39, 0.29) is 24.8 Å². The lowest BCUT2D eigenvalue weighted by Gasteiger charge is -2.24. The fourth-order valence-corrected chi connectivity index (χ4v) is 4.76. The minimum atomic E-state index is -1.05. The third-order valence-electron chi connectivity index (χ3n) is 6.72. The van der Waals surface area contributed by atoms with E-state index in [4.69, 9.17) is 0 Å². The van der Waals surface area contributed by atoms with E-state index < -0.39 is 12.0 Å². The van der Waals surface area contributed by atoms with Crippen LogP contribution in [0.15, 0.2) is 72.8 Å². The Morgan fingerprint density at radius 1 is 1.08 bits per heavy atom. The van der Waals surface area contributed by atoms with Gasteiger partial charge in [-0.15, -0.1) is 0 Å². The number of anilines is 1. The number of carboxylic acids is 1. The van der Waals surface area contributed by atoms with Gasteiger partial charge in [-0.25, -0.2) is 4.98 Å². The summed E-state index contributed by atoms with van der Waals surface area (Å²) in [5.41, 5.74) is 4.75. The van der Waals surface area contributed by atoms with Gasteiger partial charge >= 0.3 is 5.97 Å². The molecule has 0 fully saturated rings. The van der Waals surface area contributed by atoms with Crippen LogP contribution in [0.3, 0.4) is 0 Å². The second-order valence-corrected chi connectivity index (χ2v) is 9.52. The second-order valence-electron chi connectivity index (χ2n) is 9.52. The van der Waals surface area contributed by atoms with Crippen molar-refractivity contribution in [2.24, 2.45) is 0 Å². The summed E-state index contributed by atoms with van der Waals surface area (Å²) in [4.78, 5) is 49.1. The number of carbonyl (C=O) groups excluding carboxylic acids is 2. The van der Waals surface area contributed by atoms with Gasteiger partial charge in [-0.1, -0.05) is 42.5 Å². The number of carbonyl (C=O) groups is 3. The number of rotatable bonds is 8. The first-order chi connectivity index (χ1) is 18.4. The van der Waals surface area contributed by atoms with Crippen LogP contribution in [0, 0.1) is 0 Å². The molecule has 0 saturated heterocycles. The number of nitrogens with one attached hydrogen (secondary N) is 2. The van der Waals surface area contributed by atoms with Crippen molar-refractivity contribution in [3.63, 3.8) is 0 Å². The lowest BCUT2D eigenvalue weighted by atomic mass is 10.1. The molecule has 2 amide bonds. The van der Waals surface area contributed by atoms with Crippen molar-refractivity contribution in [3.8, 4) is 0 Å². The fraction of sp³-hybridized carbons (Fsp3) is 0.241. The van der Waals surface area contributed by atoms with Gasteiger partial charge in [-0.3, -0.25) is 14.4 Å². The summed E-state index contributed by atoms with van der Waals surface area (Å²) >= 11 is 0. The number of benzene rings is 3. The van der Waals surface area contributed by atoms with E-state index in [1.807, 2.05) is 54.6 Å². The summed E-state index contributed by atoms with van der Waals surface area (Å²) in [6, 6.07) is 21.9. The van der Waals surface area contributed by atoms with Crippen LogP contribution in [0.1, 0.15) is 33.7 Å². The van der Waals surface area contributed by atoms with E-state index in [1.165, 1.54) is 0 Å². The average molecular weight is 512 g/mol. The Kier molecular flexibility index (Phi) is 7.08. The Bertz CT molecular complexity index is 1450. The zero-order valence-electron chi connectivity index (χ0n) is 21.1. The first kappa shape index (κ1) is 25.0. The fourth-order valence-electron chi connectivity index (χ4n) is 4.76. The number of H-pyrrole nitrogens is 1. The number of aliphatic carboxylic acids is 1. The van der Waals surface area contributed by atoms with Crippen molar-refractivity contribution in [3.05, 3.63) is 95.3 Å². The van der Waals surface area contributed by atoms with Crippen LogP contribution in [-0.4, -0.2) is 62.3 Å². The van der Waals surface area contributed by atoms with Crippen LogP contribution < -0.4 is 5.32 Å². The number of imidazole rings is 1. The van der Waals surface area contributed by atoms with Crippen LogP contribution in [0.5, 0.6) is 0 Å². The smallest absolute Gasteiger partial charge is 0.305 e. The molecule has 4 aromatic rings. The highest BCUT2D eigenvalue weighted by molar-refractivity contribution is 5.95. The number of para-hydroxylation sites is 2. The van der Waals surface area contributed by atoms with Crippen molar-refractivity contribution in [1.82, 2.24) is 19.8 Å². The second kappa shape index (κ2) is 10.8. The van der Waals surface area contributed by atoms with Crippen molar-refractivity contribution in [2.75, 3.05) is 18.9 Å². The van der Waals surface area contributed by atoms with E-state index in [9.17, 15) is 19.5 Å². The minimum absolute atomic E-state index is 0.179. The average Bonchev–Trinajstić information content (AvgIpc) is 3.27. The number of amides is 2. The highest BCUT2D eigenvalue weighted by Crippen LogP contribution is 2.26. The topological polar surface area (TPSA) is 119 Å². The molecule has 1 aliphatic heterocycles. The molecule has 1 aromatic heterocycles. The summed E-state index contributed by atoms with van der Waals surface area (Å²) in [6.07, 6.45) is 0.307. The highest BCUT2D eigenvalue weighted by Gasteiger charge is 2.31. The van der Waals surface area contributed by atoms with Crippen LogP contribution >= 0.6 is 0 Å². The Labute approximate surface area is 220 Å². The Morgan fingerprint density at radius 2 is 1.84 bits per heavy atom. The molecule has 0 spiro atoms. The SMILES string of the molecule is CN(Cc1nc2ccccc2[nH]1)C(=O)c1ccc2c(c1)CN(CCc1ccccc1)C(=O)C(CC(=O)O)N2. The highest BCUT2D eigenvalue weighted by atomic mass is 16.4. The van der Waals surface area contributed by atoms with E-state index in [2.05, 4.69) is 15.3 Å². The quantitative estimate of drug-likeness (QED) is 0.332. The van der Waals surface area contributed by atoms with Gasteiger partial charge in [0.25, 0.3) is 5.91 Å². The first-order valence-electron chi connectivity index (χ1n) is 12.5. The summed E-state index contributed by atoms with van der Waals surface area (Å²) < 4.78 is 0. The zero-order chi connectivity index (χ0) is 26.6.